The highest BCUT2D eigenvalue weighted by Gasteiger charge is 2.18. The van der Waals surface area contributed by atoms with Crippen LogP contribution in [0.5, 0.6) is 11.5 Å². The molecule has 0 amide bonds. The zero-order chi connectivity index (χ0) is 17.8. The number of hydrogen-bond donors (Lipinski definition) is 0. The summed E-state index contributed by atoms with van der Waals surface area (Å²) in [5.74, 6) is -0.292. The van der Waals surface area contributed by atoms with E-state index in [0.717, 1.165) is 6.42 Å². The molecule has 0 aliphatic rings. The predicted molar refractivity (Wildman–Crippen MR) is 79.6 cm³/mol. The zero-order valence-electron chi connectivity index (χ0n) is 13.7. The second kappa shape index (κ2) is 11.1. The highest BCUT2D eigenvalue weighted by molar-refractivity contribution is 5.92. The molecule has 0 bridgehead atoms. The molecule has 0 saturated carbocycles. The van der Waals surface area contributed by atoms with Crippen molar-refractivity contribution in [3.63, 3.8) is 0 Å². The van der Waals surface area contributed by atoms with E-state index in [1.165, 1.54) is 26.4 Å². The summed E-state index contributed by atoms with van der Waals surface area (Å²) in [7, 11) is 2.82. The molecule has 0 spiro atoms. The van der Waals surface area contributed by atoms with Gasteiger partial charge in [0.2, 0.25) is 0 Å². The van der Waals surface area contributed by atoms with Gasteiger partial charge >= 0.3 is 12.1 Å². The lowest BCUT2D eigenvalue weighted by molar-refractivity contribution is -0.452. The first kappa shape index (κ1) is 19.5. The number of carbonyl (C=O) groups excluding carboxylic acids is 2. The number of benzene rings is 1. The van der Waals surface area contributed by atoms with E-state index in [4.69, 9.17) is 14.2 Å². The number of methoxy groups -OCH3 is 2. The minimum Gasteiger partial charge on any atom is -0.497 e. The van der Waals surface area contributed by atoms with E-state index < -0.39 is 12.1 Å². The van der Waals surface area contributed by atoms with Crippen molar-refractivity contribution < 1.29 is 43.3 Å². The van der Waals surface area contributed by atoms with Crippen molar-refractivity contribution in [1.82, 2.24) is 0 Å². The second-order valence-electron chi connectivity index (χ2n) is 4.30. The van der Waals surface area contributed by atoms with Crippen LogP contribution in [0.4, 0.5) is 4.79 Å². The first-order valence-corrected chi connectivity index (χ1v) is 7.14. The molecule has 134 valence electrons. The van der Waals surface area contributed by atoms with Gasteiger partial charge in [-0.05, 0) is 24.6 Å². The molecule has 0 aliphatic carbocycles. The molecule has 0 saturated heterocycles. The molecule has 1 aromatic carbocycles. The Hall–Kier alpha value is -2.52. The van der Waals surface area contributed by atoms with E-state index in [1.54, 1.807) is 6.07 Å². The van der Waals surface area contributed by atoms with E-state index in [9.17, 15) is 9.59 Å². The Kier molecular flexibility index (Phi) is 9.02. The molecule has 24 heavy (non-hydrogen) atoms. The van der Waals surface area contributed by atoms with Gasteiger partial charge in [0.1, 0.15) is 23.7 Å². The Bertz CT molecular complexity index is 530. The van der Waals surface area contributed by atoms with Crippen LogP contribution in [0, 0.1) is 0 Å². The Morgan fingerprint density at radius 3 is 2.46 bits per heavy atom. The van der Waals surface area contributed by atoms with Gasteiger partial charge in [0, 0.05) is 6.61 Å². The third-order valence-corrected chi connectivity index (χ3v) is 2.63. The summed E-state index contributed by atoms with van der Waals surface area (Å²) in [4.78, 5) is 31.5. The summed E-state index contributed by atoms with van der Waals surface area (Å²) in [6.45, 7) is 2.73. The fourth-order valence-corrected chi connectivity index (χ4v) is 1.55. The van der Waals surface area contributed by atoms with Crippen LogP contribution >= 0.6 is 0 Å². The SMILES string of the molecule is CCCOCCOC(=O)OOOC(=O)c1cc(OC)ccc1OC. The monoisotopic (exact) mass is 344 g/mol. The average Bonchev–Trinajstić information content (AvgIpc) is 2.60. The second-order valence-corrected chi connectivity index (χ2v) is 4.30. The molecule has 0 N–H and O–H groups in total. The van der Waals surface area contributed by atoms with Gasteiger partial charge in [-0.15, -0.1) is 0 Å². The van der Waals surface area contributed by atoms with Gasteiger partial charge in [0.15, 0.2) is 0 Å². The van der Waals surface area contributed by atoms with Crippen molar-refractivity contribution in [3.8, 4) is 11.5 Å². The molecule has 1 aromatic rings. The topological polar surface area (TPSA) is 98.8 Å². The van der Waals surface area contributed by atoms with E-state index in [2.05, 4.69) is 19.6 Å². The molecule has 0 aliphatic heterocycles. The average molecular weight is 344 g/mol. The van der Waals surface area contributed by atoms with Crippen LogP contribution in [0.3, 0.4) is 0 Å². The normalized spacial score (nSPS) is 9.96. The largest absolute Gasteiger partial charge is 0.543 e. The highest BCUT2D eigenvalue weighted by atomic mass is 17.5. The highest BCUT2D eigenvalue weighted by Crippen LogP contribution is 2.24. The van der Waals surface area contributed by atoms with Crippen molar-refractivity contribution >= 4 is 12.1 Å². The van der Waals surface area contributed by atoms with E-state index in [-0.39, 0.29) is 24.5 Å². The number of ether oxygens (including phenoxy) is 4. The minimum atomic E-state index is -1.17. The van der Waals surface area contributed by atoms with Gasteiger partial charge in [-0.3, -0.25) is 4.89 Å². The van der Waals surface area contributed by atoms with Crippen LogP contribution in [-0.2, 0) is 24.3 Å². The van der Waals surface area contributed by atoms with E-state index in [0.29, 0.717) is 12.4 Å². The summed E-state index contributed by atoms with van der Waals surface area (Å²) in [6, 6.07) is 4.50. The van der Waals surface area contributed by atoms with E-state index in [1.807, 2.05) is 6.92 Å². The summed E-state index contributed by atoms with van der Waals surface area (Å²) in [6.07, 6.45) is -0.308. The summed E-state index contributed by atoms with van der Waals surface area (Å²) in [5.41, 5.74) is 0.0294. The van der Waals surface area contributed by atoms with Crippen LogP contribution in [0.2, 0.25) is 0 Å². The summed E-state index contributed by atoms with van der Waals surface area (Å²) in [5, 5.41) is 4.10. The van der Waals surface area contributed by atoms with Crippen molar-refractivity contribution in [2.75, 3.05) is 34.0 Å². The molecule has 9 nitrogen and oxygen atoms in total. The third-order valence-electron chi connectivity index (χ3n) is 2.63. The smallest absolute Gasteiger partial charge is 0.497 e. The van der Waals surface area contributed by atoms with Crippen LogP contribution in [0.1, 0.15) is 23.7 Å². The molecule has 0 fully saturated rings. The van der Waals surface area contributed by atoms with Gasteiger partial charge in [-0.25, -0.2) is 14.5 Å². The molecule has 0 aromatic heterocycles. The van der Waals surface area contributed by atoms with Crippen LogP contribution in [0.25, 0.3) is 0 Å². The Morgan fingerprint density at radius 2 is 1.79 bits per heavy atom. The lowest BCUT2D eigenvalue weighted by atomic mass is 10.2. The van der Waals surface area contributed by atoms with Crippen molar-refractivity contribution in [2.45, 2.75) is 13.3 Å². The molecule has 0 radical (unpaired) electrons. The van der Waals surface area contributed by atoms with E-state index >= 15 is 0 Å². The zero-order valence-corrected chi connectivity index (χ0v) is 13.7. The molecule has 0 atom stereocenters. The lowest BCUT2D eigenvalue weighted by Crippen LogP contribution is -2.15. The third kappa shape index (κ3) is 6.71. The van der Waals surface area contributed by atoms with Crippen molar-refractivity contribution in [1.29, 1.82) is 0 Å². The Balaban J connectivity index is 2.37. The summed E-state index contributed by atoms with van der Waals surface area (Å²) < 4.78 is 19.7. The molecular formula is C15H20O9. The number of carbonyl (C=O) groups is 2. The van der Waals surface area contributed by atoms with Crippen molar-refractivity contribution in [3.05, 3.63) is 23.8 Å². The molecule has 0 unspecified atom stereocenters. The maximum Gasteiger partial charge on any atom is 0.543 e. The lowest BCUT2D eigenvalue weighted by Gasteiger charge is -2.08. The quantitative estimate of drug-likeness (QED) is 0.274. The Morgan fingerprint density at radius 1 is 1.00 bits per heavy atom. The van der Waals surface area contributed by atoms with Gasteiger partial charge in [-0.1, -0.05) is 6.92 Å². The maximum atomic E-state index is 11.9. The van der Waals surface area contributed by atoms with Gasteiger partial charge < -0.3 is 18.9 Å². The van der Waals surface area contributed by atoms with Gasteiger partial charge in [0.05, 0.1) is 25.9 Å². The molecule has 0 heterocycles. The fourth-order valence-electron chi connectivity index (χ4n) is 1.55. The van der Waals surface area contributed by atoms with Gasteiger partial charge in [0.25, 0.3) is 0 Å². The van der Waals surface area contributed by atoms with Crippen LogP contribution in [0.15, 0.2) is 18.2 Å². The minimum absolute atomic E-state index is 0.0140. The predicted octanol–water partition coefficient (Wildman–Crippen LogP) is 2.29. The fraction of sp³-hybridized carbons (Fsp3) is 0.467. The number of rotatable bonds is 10. The molecule has 1 rings (SSSR count). The van der Waals surface area contributed by atoms with Crippen LogP contribution < -0.4 is 9.47 Å². The molecule has 9 heteroatoms. The molecular weight excluding hydrogens is 324 g/mol. The maximum absolute atomic E-state index is 11.9. The van der Waals surface area contributed by atoms with Gasteiger partial charge in [-0.2, -0.15) is 0 Å². The van der Waals surface area contributed by atoms with Crippen LogP contribution in [-0.4, -0.2) is 46.2 Å². The standard InChI is InChI=1S/C15H20O9/c1-4-7-20-8-9-21-15(17)23-24-22-14(16)12-10-11(18-2)5-6-13(12)19-3/h5-6,10H,4,7-9H2,1-3H3. The first-order valence-electron chi connectivity index (χ1n) is 7.14. The summed E-state index contributed by atoms with van der Waals surface area (Å²) >= 11 is 0. The number of hydrogen-bond acceptors (Lipinski definition) is 9. The first-order chi connectivity index (χ1) is 11.6. The van der Waals surface area contributed by atoms with Crippen molar-refractivity contribution in [2.24, 2.45) is 0 Å². The Labute approximate surface area is 139 Å².